The summed E-state index contributed by atoms with van der Waals surface area (Å²) in [6, 6.07) is 21.5. The Kier molecular flexibility index (Phi) is 5.74. The van der Waals surface area contributed by atoms with Gasteiger partial charge >= 0.3 is 0 Å². The van der Waals surface area contributed by atoms with Gasteiger partial charge in [-0.2, -0.15) is 0 Å². The summed E-state index contributed by atoms with van der Waals surface area (Å²) in [5, 5.41) is 8.03. The van der Waals surface area contributed by atoms with Crippen molar-refractivity contribution in [2.24, 2.45) is 5.14 Å². The first-order chi connectivity index (χ1) is 12.8. The van der Waals surface area contributed by atoms with Crippen LogP contribution in [0.5, 0.6) is 0 Å². The molecule has 0 aliphatic heterocycles. The Morgan fingerprint density at radius 1 is 0.963 bits per heavy atom. The molecule has 0 unspecified atom stereocenters. The standard InChI is InChI=1S/C20H17BrN2O3S/c21-18-11-10-16(27(22,25)26)13-17(18)20(24)23-19-9-5-4-8-15(19)12-14-6-2-1-3-7-14/h1-11,13H,12H2,(H,23,24)(H2,22,25,26). The number of anilines is 1. The van der Waals surface area contributed by atoms with Crippen LogP contribution >= 0.6 is 15.9 Å². The zero-order chi connectivity index (χ0) is 19.4. The third-order valence-corrected chi connectivity index (χ3v) is 5.62. The summed E-state index contributed by atoms with van der Waals surface area (Å²) in [7, 11) is -3.90. The van der Waals surface area contributed by atoms with E-state index in [1.54, 1.807) is 0 Å². The fraction of sp³-hybridized carbons (Fsp3) is 0.0500. The van der Waals surface area contributed by atoms with Gasteiger partial charge in [0, 0.05) is 10.2 Å². The molecule has 138 valence electrons. The fourth-order valence-corrected chi connectivity index (χ4v) is 3.62. The lowest BCUT2D eigenvalue weighted by Crippen LogP contribution is -2.17. The van der Waals surface area contributed by atoms with E-state index in [4.69, 9.17) is 5.14 Å². The van der Waals surface area contributed by atoms with E-state index in [-0.39, 0.29) is 10.5 Å². The Morgan fingerprint density at radius 3 is 2.33 bits per heavy atom. The molecule has 5 nitrogen and oxygen atoms in total. The smallest absolute Gasteiger partial charge is 0.256 e. The Hall–Kier alpha value is -2.48. The first-order valence-electron chi connectivity index (χ1n) is 8.10. The normalized spacial score (nSPS) is 11.2. The molecule has 3 N–H and O–H groups in total. The van der Waals surface area contributed by atoms with Crippen molar-refractivity contribution in [1.82, 2.24) is 0 Å². The van der Waals surface area contributed by atoms with Crippen LogP contribution in [-0.2, 0) is 16.4 Å². The molecule has 0 spiro atoms. The zero-order valence-corrected chi connectivity index (χ0v) is 16.6. The molecule has 1 amide bonds. The van der Waals surface area contributed by atoms with Crippen molar-refractivity contribution < 1.29 is 13.2 Å². The summed E-state index contributed by atoms with van der Waals surface area (Å²) in [6.45, 7) is 0. The predicted molar refractivity (Wildman–Crippen MR) is 109 cm³/mol. The van der Waals surface area contributed by atoms with Crippen LogP contribution in [0, 0.1) is 0 Å². The van der Waals surface area contributed by atoms with Gasteiger partial charge in [0.1, 0.15) is 0 Å². The van der Waals surface area contributed by atoms with Crippen molar-refractivity contribution in [3.8, 4) is 0 Å². The number of benzene rings is 3. The highest BCUT2D eigenvalue weighted by atomic mass is 79.9. The number of carbonyl (C=O) groups excluding carboxylic acids is 1. The highest BCUT2D eigenvalue weighted by Gasteiger charge is 2.16. The quantitative estimate of drug-likeness (QED) is 0.624. The van der Waals surface area contributed by atoms with Gasteiger partial charge in [0.25, 0.3) is 5.91 Å². The topological polar surface area (TPSA) is 89.3 Å². The molecule has 3 rings (SSSR count). The number of hydrogen-bond acceptors (Lipinski definition) is 3. The second-order valence-electron chi connectivity index (χ2n) is 5.96. The number of para-hydroxylation sites is 1. The van der Waals surface area contributed by atoms with Crippen LogP contribution < -0.4 is 10.5 Å². The monoisotopic (exact) mass is 444 g/mol. The van der Waals surface area contributed by atoms with Crippen LogP contribution in [0.15, 0.2) is 82.2 Å². The van der Waals surface area contributed by atoms with Gasteiger partial charge in [0.2, 0.25) is 10.0 Å². The minimum absolute atomic E-state index is 0.117. The van der Waals surface area contributed by atoms with Gasteiger partial charge in [-0.05, 0) is 57.7 Å². The first-order valence-corrected chi connectivity index (χ1v) is 10.4. The van der Waals surface area contributed by atoms with E-state index in [1.807, 2.05) is 54.6 Å². The lowest BCUT2D eigenvalue weighted by atomic mass is 10.0. The second-order valence-corrected chi connectivity index (χ2v) is 8.38. The first kappa shape index (κ1) is 19.3. The van der Waals surface area contributed by atoms with Crippen LogP contribution in [0.4, 0.5) is 5.69 Å². The predicted octanol–water partition coefficient (Wildman–Crippen LogP) is 3.94. The van der Waals surface area contributed by atoms with Crippen LogP contribution in [0.2, 0.25) is 0 Å². The van der Waals surface area contributed by atoms with Gasteiger partial charge in [-0.1, -0.05) is 48.5 Å². The summed E-state index contributed by atoms with van der Waals surface area (Å²) >= 11 is 3.29. The SMILES string of the molecule is NS(=O)(=O)c1ccc(Br)c(C(=O)Nc2ccccc2Cc2ccccc2)c1. The molecule has 0 fully saturated rings. The van der Waals surface area contributed by atoms with E-state index in [2.05, 4.69) is 21.2 Å². The van der Waals surface area contributed by atoms with Crippen molar-refractivity contribution in [2.75, 3.05) is 5.32 Å². The third kappa shape index (κ3) is 4.82. The maximum Gasteiger partial charge on any atom is 0.256 e. The summed E-state index contributed by atoms with van der Waals surface area (Å²) in [5.41, 5.74) is 2.93. The molecular weight excluding hydrogens is 428 g/mol. The summed E-state index contributed by atoms with van der Waals surface area (Å²) < 4.78 is 23.6. The molecule has 0 saturated carbocycles. The number of halogens is 1. The molecule has 0 aliphatic rings. The second kappa shape index (κ2) is 8.04. The van der Waals surface area contributed by atoms with Crippen LogP contribution in [-0.4, -0.2) is 14.3 Å². The maximum absolute atomic E-state index is 12.7. The highest BCUT2D eigenvalue weighted by molar-refractivity contribution is 9.10. The molecule has 0 aromatic heterocycles. The molecule has 3 aromatic rings. The van der Waals surface area contributed by atoms with Crippen LogP contribution in [0.3, 0.4) is 0 Å². The average molecular weight is 445 g/mol. The molecule has 0 atom stereocenters. The average Bonchev–Trinajstić information content (AvgIpc) is 2.63. The van der Waals surface area contributed by atoms with Gasteiger partial charge in [0.05, 0.1) is 10.5 Å². The van der Waals surface area contributed by atoms with Crippen LogP contribution in [0.25, 0.3) is 0 Å². The number of carbonyl (C=O) groups is 1. The molecule has 0 heterocycles. The minimum Gasteiger partial charge on any atom is -0.322 e. The van der Waals surface area contributed by atoms with Crippen molar-refractivity contribution in [2.45, 2.75) is 11.3 Å². The molecule has 0 radical (unpaired) electrons. The van der Waals surface area contributed by atoms with E-state index in [1.165, 1.54) is 18.2 Å². The van der Waals surface area contributed by atoms with E-state index >= 15 is 0 Å². The summed E-state index contributed by atoms with van der Waals surface area (Å²) in [5.74, 6) is -0.423. The van der Waals surface area contributed by atoms with E-state index in [0.29, 0.717) is 16.6 Å². The Bertz CT molecular complexity index is 1080. The summed E-state index contributed by atoms with van der Waals surface area (Å²) in [6.07, 6.45) is 0.662. The lowest BCUT2D eigenvalue weighted by Gasteiger charge is -2.12. The van der Waals surface area contributed by atoms with E-state index in [9.17, 15) is 13.2 Å². The molecular formula is C20H17BrN2O3S. The van der Waals surface area contributed by atoms with Gasteiger partial charge in [-0.3, -0.25) is 4.79 Å². The Labute approximate surface area is 166 Å². The largest absolute Gasteiger partial charge is 0.322 e. The molecule has 27 heavy (non-hydrogen) atoms. The fourth-order valence-electron chi connectivity index (χ4n) is 2.66. The van der Waals surface area contributed by atoms with E-state index in [0.717, 1.165) is 11.1 Å². The maximum atomic E-state index is 12.7. The number of rotatable bonds is 5. The lowest BCUT2D eigenvalue weighted by molar-refractivity contribution is 0.102. The number of hydrogen-bond donors (Lipinski definition) is 2. The van der Waals surface area contributed by atoms with Crippen molar-refractivity contribution in [1.29, 1.82) is 0 Å². The summed E-state index contributed by atoms with van der Waals surface area (Å²) in [4.78, 5) is 12.6. The molecule has 0 bridgehead atoms. The van der Waals surface area contributed by atoms with Gasteiger partial charge in [-0.15, -0.1) is 0 Å². The molecule has 7 heteroatoms. The Balaban J connectivity index is 1.89. The number of nitrogens with two attached hydrogens (primary N) is 1. The third-order valence-electron chi connectivity index (χ3n) is 4.01. The zero-order valence-electron chi connectivity index (χ0n) is 14.2. The minimum atomic E-state index is -3.90. The molecule has 0 aliphatic carbocycles. The van der Waals surface area contributed by atoms with Crippen molar-refractivity contribution >= 4 is 37.5 Å². The van der Waals surface area contributed by atoms with E-state index < -0.39 is 15.9 Å². The number of amides is 1. The molecule has 3 aromatic carbocycles. The van der Waals surface area contributed by atoms with Gasteiger partial charge in [-0.25, -0.2) is 13.6 Å². The molecule has 0 saturated heterocycles. The number of primary sulfonamides is 1. The highest BCUT2D eigenvalue weighted by Crippen LogP contribution is 2.24. The van der Waals surface area contributed by atoms with Crippen molar-refractivity contribution in [3.63, 3.8) is 0 Å². The van der Waals surface area contributed by atoms with Crippen molar-refractivity contribution in [3.05, 3.63) is 94.0 Å². The number of sulfonamides is 1. The van der Waals surface area contributed by atoms with Gasteiger partial charge in [0.15, 0.2) is 0 Å². The van der Waals surface area contributed by atoms with Crippen LogP contribution in [0.1, 0.15) is 21.5 Å². The number of nitrogens with one attached hydrogen (secondary N) is 1. The van der Waals surface area contributed by atoms with Gasteiger partial charge < -0.3 is 5.32 Å². The Morgan fingerprint density at radius 2 is 1.63 bits per heavy atom.